The minimum absolute atomic E-state index is 0.185. The average Bonchev–Trinajstić information content (AvgIpc) is 2.67. The summed E-state index contributed by atoms with van der Waals surface area (Å²) in [7, 11) is 0. The van der Waals surface area contributed by atoms with E-state index >= 15 is 0 Å². The lowest BCUT2D eigenvalue weighted by Crippen LogP contribution is -2.16. The highest BCUT2D eigenvalue weighted by Crippen LogP contribution is 2.37. The maximum atomic E-state index is 13.4. The molecule has 0 fully saturated rings. The van der Waals surface area contributed by atoms with Crippen molar-refractivity contribution in [2.75, 3.05) is 5.32 Å². The monoisotopic (exact) mass is 454 g/mol. The molecule has 0 aromatic heterocycles. The minimum atomic E-state index is -1.59. The maximum Gasteiger partial charge on any atom is 0.255 e. The van der Waals surface area contributed by atoms with Crippen LogP contribution < -0.4 is 5.32 Å². The Balaban J connectivity index is 2.21. The highest BCUT2D eigenvalue weighted by molar-refractivity contribution is 8.00. The molecule has 0 aliphatic rings. The molecule has 2 atom stereocenters. The van der Waals surface area contributed by atoms with Gasteiger partial charge in [0.25, 0.3) is 5.91 Å². The van der Waals surface area contributed by atoms with Gasteiger partial charge in [0.15, 0.2) is 17.5 Å². The highest BCUT2D eigenvalue weighted by atomic mass is 35.5. The van der Waals surface area contributed by atoms with Gasteiger partial charge in [0.1, 0.15) is 0 Å². The summed E-state index contributed by atoms with van der Waals surface area (Å²) in [6.45, 7) is 6.18. The molecule has 30 heavy (non-hydrogen) atoms. The molecule has 2 aromatic carbocycles. The molecule has 160 valence electrons. The molecule has 0 spiro atoms. The van der Waals surface area contributed by atoms with Crippen LogP contribution in [0.1, 0.15) is 44.0 Å². The second-order valence-corrected chi connectivity index (χ2v) is 9.14. The number of hydrogen-bond donors (Lipinski definition) is 1. The first-order valence-corrected chi connectivity index (χ1v) is 10.7. The lowest BCUT2D eigenvalue weighted by molar-refractivity contribution is 0.102. The Kier molecular flexibility index (Phi) is 8.63. The number of nitrogens with one attached hydrogen (secondary N) is 1. The molecule has 1 N–H and O–H groups in total. The molecule has 1 amide bonds. The summed E-state index contributed by atoms with van der Waals surface area (Å²) >= 11 is 7.85. The summed E-state index contributed by atoms with van der Waals surface area (Å²) in [5.41, 5.74) is 0.0607. The number of halogens is 4. The van der Waals surface area contributed by atoms with E-state index in [1.54, 1.807) is 12.1 Å². The Bertz CT molecular complexity index is 939. The van der Waals surface area contributed by atoms with Crippen molar-refractivity contribution in [1.29, 1.82) is 5.26 Å². The van der Waals surface area contributed by atoms with Gasteiger partial charge in [-0.25, -0.2) is 13.2 Å². The predicted molar refractivity (Wildman–Crippen MR) is 114 cm³/mol. The molecule has 0 aliphatic carbocycles. The van der Waals surface area contributed by atoms with Crippen molar-refractivity contribution in [3.05, 3.63) is 58.4 Å². The van der Waals surface area contributed by atoms with Gasteiger partial charge in [-0.1, -0.05) is 32.4 Å². The van der Waals surface area contributed by atoms with Crippen molar-refractivity contribution >= 4 is 35.0 Å². The first-order valence-electron chi connectivity index (χ1n) is 9.41. The summed E-state index contributed by atoms with van der Waals surface area (Å²) < 4.78 is 39.9. The number of carbonyl (C=O) groups excluding carboxylic acids is 1. The van der Waals surface area contributed by atoms with Crippen LogP contribution in [0.4, 0.5) is 18.9 Å². The number of hydrogen-bond acceptors (Lipinski definition) is 3. The van der Waals surface area contributed by atoms with E-state index in [1.807, 2.05) is 6.92 Å². The lowest BCUT2D eigenvalue weighted by Gasteiger charge is -2.23. The largest absolute Gasteiger partial charge is 0.322 e. The molecule has 3 nitrogen and oxygen atoms in total. The second kappa shape index (κ2) is 10.7. The van der Waals surface area contributed by atoms with Crippen LogP contribution in [0, 0.1) is 40.6 Å². The number of thioether (sulfide) groups is 1. The van der Waals surface area contributed by atoms with E-state index in [9.17, 15) is 18.0 Å². The summed E-state index contributed by atoms with van der Waals surface area (Å²) in [6, 6.07) is 8.31. The number of anilines is 1. The summed E-state index contributed by atoms with van der Waals surface area (Å²) in [5.74, 6) is -4.42. The third-order valence-corrected chi connectivity index (χ3v) is 6.60. The van der Waals surface area contributed by atoms with Crippen LogP contribution in [0.3, 0.4) is 0 Å². The molecule has 2 aromatic rings. The molecule has 0 radical (unpaired) electrons. The zero-order valence-electron chi connectivity index (χ0n) is 16.8. The van der Waals surface area contributed by atoms with Crippen molar-refractivity contribution in [2.45, 2.75) is 43.8 Å². The van der Waals surface area contributed by atoms with Crippen molar-refractivity contribution < 1.29 is 18.0 Å². The Labute approximate surface area is 183 Å². The second-order valence-electron chi connectivity index (χ2n) is 7.46. The molecule has 0 saturated heterocycles. The molecular weight excluding hydrogens is 433 g/mol. The first-order chi connectivity index (χ1) is 14.1. The van der Waals surface area contributed by atoms with E-state index < -0.39 is 23.4 Å². The molecule has 0 saturated carbocycles. The fourth-order valence-corrected chi connectivity index (χ4v) is 4.47. The fourth-order valence-electron chi connectivity index (χ4n) is 2.82. The van der Waals surface area contributed by atoms with E-state index in [2.05, 4.69) is 25.2 Å². The van der Waals surface area contributed by atoms with Gasteiger partial charge in [-0.3, -0.25) is 4.79 Å². The van der Waals surface area contributed by atoms with Gasteiger partial charge in [0.05, 0.1) is 11.1 Å². The molecule has 0 bridgehead atoms. The van der Waals surface area contributed by atoms with E-state index in [4.69, 9.17) is 16.9 Å². The number of amides is 1. The fraction of sp³-hybridized carbons (Fsp3) is 0.364. The topological polar surface area (TPSA) is 52.9 Å². The maximum absolute atomic E-state index is 13.4. The van der Waals surface area contributed by atoms with Gasteiger partial charge < -0.3 is 5.32 Å². The molecule has 8 heteroatoms. The molecule has 0 aliphatic heterocycles. The highest BCUT2D eigenvalue weighted by Gasteiger charge is 2.21. The van der Waals surface area contributed by atoms with E-state index in [-0.39, 0.29) is 22.4 Å². The molecular formula is C22H22ClF3N2OS. The van der Waals surface area contributed by atoms with Gasteiger partial charge >= 0.3 is 0 Å². The molecule has 2 rings (SSSR count). The predicted octanol–water partition coefficient (Wildman–Crippen LogP) is 7.07. The quantitative estimate of drug-likeness (QED) is 0.343. The lowest BCUT2D eigenvalue weighted by atomic mass is 9.97. The standard InChI is InChI=1S/C22H22ClF3N2OS/c1-12(2)19(8-13(3)6-7-27)30-20-9-14(4-5-16(20)23)22(29)28-15-10-17(24)21(26)18(25)11-15/h4-5,9-13,19H,6,8H2,1-3H3,(H,28,29). The third-order valence-electron chi connectivity index (χ3n) is 4.53. The van der Waals surface area contributed by atoms with E-state index in [1.165, 1.54) is 17.8 Å². The van der Waals surface area contributed by atoms with Crippen LogP contribution in [0.25, 0.3) is 0 Å². The van der Waals surface area contributed by atoms with Crippen molar-refractivity contribution in [1.82, 2.24) is 0 Å². The number of rotatable bonds is 8. The number of benzene rings is 2. The normalized spacial score (nSPS) is 13.0. The summed E-state index contributed by atoms with van der Waals surface area (Å²) in [6.07, 6.45) is 1.28. The third kappa shape index (κ3) is 6.41. The molecule has 0 heterocycles. The zero-order chi connectivity index (χ0) is 22.4. The number of nitriles is 1. The summed E-state index contributed by atoms with van der Waals surface area (Å²) in [4.78, 5) is 13.2. The van der Waals surface area contributed by atoms with Gasteiger partial charge in [-0.05, 0) is 36.5 Å². The first kappa shape index (κ1) is 24.1. The minimum Gasteiger partial charge on any atom is -0.322 e. The van der Waals surface area contributed by atoms with E-state index in [0.717, 1.165) is 6.42 Å². The Morgan fingerprint density at radius 1 is 1.17 bits per heavy atom. The molecule has 2 unspecified atom stereocenters. The van der Waals surface area contributed by atoms with Crippen LogP contribution >= 0.6 is 23.4 Å². The Morgan fingerprint density at radius 2 is 1.80 bits per heavy atom. The van der Waals surface area contributed by atoms with Crippen LogP contribution in [0.5, 0.6) is 0 Å². The van der Waals surface area contributed by atoms with E-state index in [0.29, 0.717) is 34.4 Å². The van der Waals surface area contributed by atoms with Crippen LogP contribution in [-0.2, 0) is 0 Å². The smallest absolute Gasteiger partial charge is 0.255 e. The average molecular weight is 455 g/mol. The van der Waals surface area contributed by atoms with Crippen LogP contribution in [0.2, 0.25) is 5.02 Å². The van der Waals surface area contributed by atoms with Crippen LogP contribution in [0.15, 0.2) is 35.2 Å². The Hall–Kier alpha value is -2.17. The van der Waals surface area contributed by atoms with Crippen molar-refractivity contribution in [3.63, 3.8) is 0 Å². The van der Waals surface area contributed by atoms with Gasteiger partial charge in [0, 0.05) is 39.9 Å². The SMILES string of the molecule is CC(CC#N)CC(Sc1cc(C(=O)Nc2cc(F)c(F)c(F)c2)ccc1Cl)C(C)C. The number of carbonyl (C=O) groups is 1. The van der Waals surface area contributed by atoms with Crippen LogP contribution in [-0.4, -0.2) is 11.2 Å². The van der Waals surface area contributed by atoms with Gasteiger partial charge in [-0.15, -0.1) is 11.8 Å². The zero-order valence-corrected chi connectivity index (χ0v) is 18.4. The van der Waals surface area contributed by atoms with Gasteiger partial charge in [-0.2, -0.15) is 5.26 Å². The number of nitrogens with zero attached hydrogens (tertiary/aromatic N) is 1. The van der Waals surface area contributed by atoms with Crippen molar-refractivity contribution in [3.8, 4) is 6.07 Å². The summed E-state index contributed by atoms with van der Waals surface area (Å²) in [5, 5.41) is 11.9. The Morgan fingerprint density at radius 3 is 2.37 bits per heavy atom. The van der Waals surface area contributed by atoms with Crippen molar-refractivity contribution in [2.24, 2.45) is 11.8 Å². The van der Waals surface area contributed by atoms with Gasteiger partial charge in [0.2, 0.25) is 0 Å².